The van der Waals surface area contributed by atoms with Crippen LogP contribution < -0.4 is 0 Å². The first-order valence-corrected chi connectivity index (χ1v) is 4.35. The Balaban J connectivity index is 4.79. The molecule has 0 aromatic rings. The van der Waals surface area contributed by atoms with Crippen LogP contribution in [0.15, 0.2) is 25.3 Å². The Morgan fingerprint density at radius 2 is 2.00 bits per heavy atom. The summed E-state index contributed by atoms with van der Waals surface area (Å²) in [5, 5.41) is 0. The molecule has 0 atom stereocenters. The van der Waals surface area contributed by atoms with Crippen molar-refractivity contribution in [1.29, 1.82) is 0 Å². The van der Waals surface area contributed by atoms with Gasteiger partial charge in [0.2, 0.25) is 0 Å². The number of amides is 1. The van der Waals surface area contributed by atoms with Crippen molar-refractivity contribution in [2.75, 3.05) is 6.54 Å². The highest BCUT2D eigenvalue weighted by Gasteiger charge is 2.20. The predicted octanol–water partition coefficient (Wildman–Crippen LogP) is -0.0102. The third-order valence-corrected chi connectivity index (χ3v) is 1.88. The lowest BCUT2D eigenvalue weighted by Crippen LogP contribution is -2.35. The lowest BCUT2D eigenvalue weighted by molar-refractivity contribution is -0.121. The van der Waals surface area contributed by atoms with Gasteiger partial charge in [0.1, 0.15) is 0 Å². The topological polar surface area (TPSA) is 74.7 Å². The van der Waals surface area contributed by atoms with Gasteiger partial charge in [-0.05, 0) is 6.08 Å². The van der Waals surface area contributed by atoms with Crippen LogP contribution in [-0.2, 0) is 15.1 Å². The van der Waals surface area contributed by atoms with Crippen molar-refractivity contribution in [3.63, 3.8) is 0 Å². The molecule has 0 heterocycles. The fraction of sp³-hybridized carbons (Fsp3) is 0.167. The molecule has 5 nitrogen and oxygen atoms in total. The van der Waals surface area contributed by atoms with E-state index >= 15 is 0 Å². The summed E-state index contributed by atoms with van der Waals surface area (Å²) < 4.78 is 29.7. The number of hydrogen-bond donors (Lipinski definition) is 1. The molecule has 0 aliphatic carbocycles. The van der Waals surface area contributed by atoms with Gasteiger partial charge in [-0.3, -0.25) is 9.35 Å². The summed E-state index contributed by atoms with van der Waals surface area (Å²) in [7, 11) is -4.50. The second-order valence-corrected chi connectivity index (χ2v) is 3.18. The third-order valence-electron chi connectivity index (χ3n) is 0.994. The van der Waals surface area contributed by atoms with Crippen LogP contribution in [0.3, 0.4) is 0 Å². The average Bonchev–Trinajstić information content (AvgIpc) is 1.96. The molecule has 0 unspecified atom stereocenters. The second-order valence-electron chi connectivity index (χ2n) is 1.84. The third kappa shape index (κ3) is 2.85. The summed E-state index contributed by atoms with van der Waals surface area (Å²) in [6.07, 6.45) is 1.96. The van der Waals surface area contributed by atoms with E-state index in [9.17, 15) is 13.2 Å². The van der Waals surface area contributed by atoms with Crippen molar-refractivity contribution in [1.82, 2.24) is 4.31 Å². The van der Waals surface area contributed by atoms with Gasteiger partial charge in [0.25, 0.3) is 5.91 Å². The van der Waals surface area contributed by atoms with Gasteiger partial charge >= 0.3 is 10.3 Å². The van der Waals surface area contributed by atoms with E-state index in [1.54, 1.807) is 0 Å². The van der Waals surface area contributed by atoms with Crippen LogP contribution in [0.4, 0.5) is 0 Å². The fourth-order valence-corrected chi connectivity index (χ4v) is 1.11. The molecule has 12 heavy (non-hydrogen) atoms. The zero-order chi connectivity index (χ0) is 9.78. The Hall–Kier alpha value is -1.14. The smallest absolute Gasteiger partial charge is 0.269 e. The highest BCUT2D eigenvalue weighted by Crippen LogP contribution is 1.98. The van der Waals surface area contributed by atoms with Gasteiger partial charge in [-0.15, -0.1) is 6.58 Å². The number of carbonyl (C=O) groups excluding carboxylic acids is 1. The molecule has 0 bridgehead atoms. The largest absolute Gasteiger partial charge is 0.362 e. The summed E-state index contributed by atoms with van der Waals surface area (Å²) in [5.74, 6) is -0.891. The van der Waals surface area contributed by atoms with E-state index in [4.69, 9.17) is 4.55 Å². The van der Waals surface area contributed by atoms with E-state index in [1.165, 1.54) is 6.08 Å². The minimum absolute atomic E-state index is 0.243. The summed E-state index contributed by atoms with van der Waals surface area (Å²) in [6.45, 7) is 6.03. The van der Waals surface area contributed by atoms with Crippen molar-refractivity contribution in [3.05, 3.63) is 25.3 Å². The van der Waals surface area contributed by atoms with Crippen LogP contribution >= 0.6 is 0 Å². The Morgan fingerprint density at radius 3 is 2.25 bits per heavy atom. The number of carbonyl (C=O) groups is 1. The SMILES string of the molecule is C=CCN(C(=O)C=C)S(=O)(=O)O. The number of hydrogen-bond acceptors (Lipinski definition) is 3. The Morgan fingerprint density at radius 1 is 1.50 bits per heavy atom. The monoisotopic (exact) mass is 191 g/mol. The Labute approximate surface area is 70.9 Å². The second kappa shape index (κ2) is 4.03. The quantitative estimate of drug-likeness (QED) is 0.385. The van der Waals surface area contributed by atoms with Gasteiger partial charge in [-0.1, -0.05) is 12.7 Å². The zero-order valence-corrected chi connectivity index (χ0v) is 7.12. The van der Waals surface area contributed by atoms with Gasteiger partial charge in [0, 0.05) is 0 Å². The molecule has 6 heteroatoms. The average molecular weight is 191 g/mol. The van der Waals surface area contributed by atoms with Gasteiger partial charge in [0.05, 0.1) is 6.54 Å². The summed E-state index contributed by atoms with van der Waals surface area (Å²) >= 11 is 0. The molecule has 1 amide bonds. The van der Waals surface area contributed by atoms with Crippen LogP contribution in [0, 0.1) is 0 Å². The van der Waals surface area contributed by atoms with Crippen molar-refractivity contribution in [2.24, 2.45) is 0 Å². The summed E-state index contributed by atoms with van der Waals surface area (Å²) in [4.78, 5) is 10.8. The van der Waals surface area contributed by atoms with Crippen LogP contribution in [0.25, 0.3) is 0 Å². The van der Waals surface area contributed by atoms with E-state index in [2.05, 4.69) is 13.2 Å². The van der Waals surface area contributed by atoms with E-state index in [0.29, 0.717) is 0 Å². The molecular formula is C6H9NO4S. The van der Waals surface area contributed by atoms with Crippen LogP contribution in [-0.4, -0.2) is 29.7 Å². The minimum Gasteiger partial charge on any atom is -0.269 e. The molecule has 0 aromatic heterocycles. The van der Waals surface area contributed by atoms with E-state index in [0.717, 1.165) is 6.08 Å². The van der Waals surface area contributed by atoms with Crippen LogP contribution in [0.1, 0.15) is 0 Å². The molecule has 0 aliphatic heterocycles. The van der Waals surface area contributed by atoms with Gasteiger partial charge < -0.3 is 0 Å². The molecule has 0 saturated heterocycles. The predicted molar refractivity (Wildman–Crippen MR) is 43.7 cm³/mol. The van der Waals surface area contributed by atoms with E-state index in [-0.39, 0.29) is 10.8 Å². The maximum atomic E-state index is 10.8. The van der Waals surface area contributed by atoms with E-state index in [1.807, 2.05) is 0 Å². The van der Waals surface area contributed by atoms with Crippen molar-refractivity contribution in [2.45, 2.75) is 0 Å². The highest BCUT2D eigenvalue weighted by atomic mass is 32.2. The zero-order valence-electron chi connectivity index (χ0n) is 6.30. The van der Waals surface area contributed by atoms with Crippen LogP contribution in [0.5, 0.6) is 0 Å². The van der Waals surface area contributed by atoms with E-state index < -0.39 is 16.2 Å². The molecular weight excluding hydrogens is 182 g/mol. The standard InChI is InChI=1S/C6H9NO4S/c1-3-5-7(6(8)4-2)12(9,10)11/h3-4H,1-2,5H2,(H,9,10,11). The maximum absolute atomic E-state index is 10.8. The molecule has 0 spiro atoms. The van der Waals surface area contributed by atoms with Gasteiger partial charge in [-0.25, -0.2) is 4.31 Å². The normalized spacial score (nSPS) is 10.4. The first-order valence-electron chi connectivity index (χ1n) is 2.96. The molecule has 1 N–H and O–H groups in total. The molecule has 0 aromatic carbocycles. The maximum Gasteiger partial charge on any atom is 0.362 e. The molecule has 0 rings (SSSR count). The molecule has 0 aliphatic rings. The van der Waals surface area contributed by atoms with Crippen molar-refractivity contribution < 1.29 is 17.8 Å². The number of nitrogens with zero attached hydrogens (tertiary/aromatic N) is 1. The molecule has 0 fully saturated rings. The van der Waals surface area contributed by atoms with Crippen LogP contribution in [0.2, 0.25) is 0 Å². The minimum atomic E-state index is -4.50. The Bertz CT molecular complexity index is 293. The van der Waals surface area contributed by atoms with Crippen molar-refractivity contribution >= 4 is 16.2 Å². The van der Waals surface area contributed by atoms with Crippen molar-refractivity contribution in [3.8, 4) is 0 Å². The first-order chi connectivity index (χ1) is 5.43. The lowest BCUT2D eigenvalue weighted by atomic mass is 10.5. The lowest BCUT2D eigenvalue weighted by Gasteiger charge is -2.13. The Kier molecular flexibility index (Phi) is 3.65. The fourth-order valence-electron chi connectivity index (χ4n) is 0.517. The summed E-state index contributed by atoms with van der Waals surface area (Å²) in [6, 6.07) is 0. The van der Waals surface area contributed by atoms with Gasteiger partial charge in [0.15, 0.2) is 0 Å². The molecule has 0 saturated carbocycles. The summed E-state index contributed by atoms with van der Waals surface area (Å²) in [5.41, 5.74) is 0. The first kappa shape index (κ1) is 10.9. The molecule has 0 radical (unpaired) electrons. The highest BCUT2D eigenvalue weighted by molar-refractivity contribution is 7.84. The molecule has 68 valence electrons. The van der Waals surface area contributed by atoms with Gasteiger partial charge in [-0.2, -0.15) is 8.42 Å². The number of rotatable bonds is 4.